The van der Waals surface area contributed by atoms with Gasteiger partial charge >= 0.3 is 6.18 Å². The van der Waals surface area contributed by atoms with E-state index in [1.807, 2.05) is 18.2 Å². The van der Waals surface area contributed by atoms with Crippen LogP contribution in [0.4, 0.5) is 18.9 Å². The summed E-state index contributed by atoms with van der Waals surface area (Å²) in [6.45, 7) is 0. The molecule has 0 saturated heterocycles. The number of hydrogen-bond acceptors (Lipinski definition) is 2. The van der Waals surface area contributed by atoms with Crippen molar-refractivity contribution in [2.45, 2.75) is 6.18 Å². The van der Waals surface area contributed by atoms with Gasteiger partial charge in [-0.15, -0.1) is 0 Å². The van der Waals surface area contributed by atoms with Gasteiger partial charge in [0.05, 0.1) is 11.1 Å². The number of para-hydroxylation sites is 1. The van der Waals surface area contributed by atoms with Crippen LogP contribution in [-0.2, 0) is 6.18 Å². The molecule has 0 aromatic heterocycles. The maximum Gasteiger partial charge on any atom is 0.417 e. The Balaban J connectivity index is 1.73. The van der Waals surface area contributed by atoms with Crippen molar-refractivity contribution in [3.8, 4) is 11.5 Å². The normalized spacial score (nSPS) is 11.0. The average molecular weight is 357 g/mol. The fourth-order valence-electron chi connectivity index (χ4n) is 2.36. The molecule has 0 aliphatic rings. The van der Waals surface area contributed by atoms with Crippen LogP contribution in [0, 0.1) is 0 Å². The van der Waals surface area contributed by atoms with Gasteiger partial charge in [0.15, 0.2) is 0 Å². The molecule has 3 aromatic carbocycles. The monoisotopic (exact) mass is 357 g/mol. The number of benzene rings is 3. The van der Waals surface area contributed by atoms with Crippen LogP contribution < -0.4 is 10.1 Å². The summed E-state index contributed by atoms with van der Waals surface area (Å²) in [5.41, 5.74) is -1.03. The fraction of sp³-hybridized carbons (Fsp3) is 0.0500. The first-order chi connectivity index (χ1) is 12.4. The summed E-state index contributed by atoms with van der Waals surface area (Å²) in [5.74, 6) is 0.378. The molecule has 1 amide bonds. The zero-order valence-corrected chi connectivity index (χ0v) is 13.5. The second kappa shape index (κ2) is 7.31. The van der Waals surface area contributed by atoms with Gasteiger partial charge in [-0.3, -0.25) is 4.79 Å². The zero-order valence-electron chi connectivity index (χ0n) is 13.5. The van der Waals surface area contributed by atoms with Crippen LogP contribution >= 0.6 is 0 Å². The molecule has 0 atom stereocenters. The van der Waals surface area contributed by atoms with E-state index in [9.17, 15) is 18.0 Å². The number of carbonyl (C=O) groups is 1. The number of nitrogens with one attached hydrogen (secondary N) is 1. The minimum atomic E-state index is -4.60. The molecule has 1 N–H and O–H groups in total. The molecule has 0 fully saturated rings. The van der Waals surface area contributed by atoms with Crippen LogP contribution in [0.1, 0.15) is 15.9 Å². The molecule has 0 saturated carbocycles. The quantitative estimate of drug-likeness (QED) is 0.646. The van der Waals surface area contributed by atoms with E-state index in [2.05, 4.69) is 5.32 Å². The lowest BCUT2D eigenvalue weighted by molar-refractivity contribution is -0.137. The van der Waals surface area contributed by atoms with Crippen molar-refractivity contribution in [2.75, 3.05) is 5.32 Å². The molecular formula is C20H14F3NO2. The molecule has 132 valence electrons. The Morgan fingerprint density at radius 2 is 1.35 bits per heavy atom. The molecule has 3 rings (SSSR count). The minimum absolute atomic E-state index is 0.368. The smallest absolute Gasteiger partial charge is 0.417 e. The highest BCUT2D eigenvalue weighted by atomic mass is 19.4. The Morgan fingerprint density at radius 3 is 2.00 bits per heavy atom. The topological polar surface area (TPSA) is 38.3 Å². The van der Waals surface area contributed by atoms with Crippen LogP contribution in [0.25, 0.3) is 0 Å². The summed E-state index contributed by atoms with van der Waals surface area (Å²) in [4.78, 5) is 12.2. The third-order valence-electron chi connectivity index (χ3n) is 3.57. The van der Waals surface area contributed by atoms with Crippen molar-refractivity contribution < 1.29 is 22.7 Å². The maximum absolute atomic E-state index is 13.0. The number of rotatable bonds is 4. The first kappa shape index (κ1) is 17.5. The molecule has 3 nitrogen and oxygen atoms in total. The van der Waals surface area contributed by atoms with Gasteiger partial charge in [-0.2, -0.15) is 13.2 Å². The van der Waals surface area contributed by atoms with E-state index in [0.29, 0.717) is 17.2 Å². The summed E-state index contributed by atoms with van der Waals surface area (Å²) in [7, 11) is 0. The van der Waals surface area contributed by atoms with Crippen LogP contribution in [-0.4, -0.2) is 5.91 Å². The predicted octanol–water partition coefficient (Wildman–Crippen LogP) is 5.75. The van der Waals surface area contributed by atoms with E-state index < -0.39 is 23.2 Å². The van der Waals surface area contributed by atoms with E-state index in [4.69, 9.17) is 4.74 Å². The predicted molar refractivity (Wildman–Crippen MR) is 92.4 cm³/mol. The summed E-state index contributed by atoms with van der Waals surface area (Å²) in [6, 6.07) is 20.2. The SMILES string of the molecule is O=C(Nc1ccc(Oc2ccccc2)cc1)c1ccccc1C(F)(F)F. The van der Waals surface area contributed by atoms with Crippen molar-refractivity contribution in [3.63, 3.8) is 0 Å². The zero-order chi connectivity index (χ0) is 18.6. The van der Waals surface area contributed by atoms with Crippen molar-refractivity contribution >= 4 is 11.6 Å². The third kappa shape index (κ3) is 4.22. The third-order valence-corrected chi connectivity index (χ3v) is 3.57. The van der Waals surface area contributed by atoms with E-state index in [-0.39, 0.29) is 0 Å². The van der Waals surface area contributed by atoms with Crippen molar-refractivity contribution in [2.24, 2.45) is 0 Å². The van der Waals surface area contributed by atoms with Crippen molar-refractivity contribution in [1.29, 1.82) is 0 Å². The molecule has 0 spiro atoms. The highest BCUT2D eigenvalue weighted by Gasteiger charge is 2.34. The number of hydrogen-bond donors (Lipinski definition) is 1. The van der Waals surface area contributed by atoms with Gasteiger partial charge in [-0.25, -0.2) is 0 Å². The van der Waals surface area contributed by atoms with Crippen molar-refractivity contribution in [1.82, 2.24) is 0 Å². The van der Waals surface area contributed by atoms with Gasteiger partial charge in [0.25, 0.3) is 5.91 Å². The van der Waals surface area contributed by atoms with Crippen LogP contribution in [0.2, 0.25) is 0 Å². The standard InChI is InChI=1S/C20H14F3NO2/c21-20(22,23)18-9-5-4-8-17(18)19(25)24-14-10-12-16(13-11-14)26-15-6-2-1-3-7-15/h1-13H,(H,24,25). The second-order valence-corrected chi connectivity index (χ2v) is 5.44. The Bertz CT molecular complexity index is 891. The number of ether oxygens (including phenoxy) is 1. The Hall–Kier alpha value is -3.28. The summed E-state index contributed by atoms with van der Waals surface area (Å²) in [5, 5.41) is 2.47. The molecule has 0 unspecified atom stereocenters. The van der Waals surface area contributed by atoms with Gasteiger partial charge in [0.2, 0.25) is 0 Å². The maximum atomic E-state index is 13.0. The summed E-state index contributed by atoms with van der Waals surface area (Å²) in [6.07, 6.45) is -4.60. The van der Waals surface area contributed by atoms with Gasteiger partial charge in [-0.1, -0.05) is 30.3 Å². The lowest BCUT2D eigenvalue weighted by atomic mass is 10.1. The highest BCUT2D eigenvalue weighted by molar-refractivity contribution is 6.05. The summed E-state index contributed by atoms with van der Waals surface area (Å²) < 4.78 is 44.7. The van der Waals surface area contributed by atoms with Crippen LogP contribution in [0.15, 0.2) is 78.9 Å². The lowest BCUT2D eigenvalue weighted by Gasteiger charge is -2.13. The van der Waals surface area contributed by atoms with E-state index >= 15 is 0 Å². The number of anilines is 1. The van der Waals surface area contributed by atoms with Crippen LogP contribution in [0.5, 0.6) is 11.5 Å². The summed E-state index contributed by atoms with van der Waals surface area (Å²) >= 11 is 0. The van der Waals surface area contributed by atoms with Crippen molar-refractivity contribution in [3.05, 3.63) is 90.0 Å². The molecule has 0 bridgehead atoms. The van der Waals surface area contributed by atoms with E-state index in [0.717, 1.165) is 12.1 Å². The molecule has 6 heteroatoms. The van der Waals surface area contributed by atoms with Gasteiger partial charge < -0.3 is 10.1 Å². The molecule has 0 aliphatic carbocycles. The van der Waals surface area contributed by atoms with Gasteiger partial charge in [-0.05, 0) is 48.5 Å². The lowest BCUT2D eigenvalue weighted by Crippen LogP contribution is -2.18. The largest absolute Gasteiger partial charge is 0.457 e. The Kier molecular flexibility index (Phi) is 4.93. The van der Waals surface area contributed by atoms with Gasteiger partial charge in [0.1, 0.15) is 11.5 Å². The molecule has 0 heterocycles. The Labute approximate surface area is 148 Å². The fourth-order valence-corrected chi connectivity index (χ4v) is 2.36. The minimum Gasteiger partial charge on any atom is -0.457 e. The average Bonchev–Trinajstić information content (AvgIpc) is 2.63. The molecule has 3 aromatic rings. The number of halogens is 3. The Morgan fingerprint density at radius 1 is 0.769 bits per heavy atom. The first-order valence-corrected chi connectivity index (χ1v) is 7.74. The molecule has 0 radical (unpaired) electrons. The van der Waals surface area contributed by atoms with Crippen LogP contribution in [0.3, 0.4) is 0 Å². The first-order valence-electron chi connectivity index (χ1n) is 7.74. The highest BCUT2D eigenvalue weighted by Crippen LogP contribution is 2.32. The number of alkyl halides is 3. The molecular weight excluding hydrogens is 343 g/mol. The molecule has 0 aliphatic heterocycles. The second-order valence-electron chi connectivity index (χ2n) is 5.44. The van der Waals surface area contributed by atoms with E-state index in [1.165, 1.54) is 12.1 Å². The molecule has 26 heavy (non-hydrogen) atoms. The number of amides is 1. The van der Waals surface area contributed by atoms with E-state index in [1.54, 1.807) is 36.4 Å². The van der Waals surface area contributed by atoms with Gasteiger partial charge in [0, 0.05) is 5.69 Å². The number of carbonyl (C=O) groups excluding carboxylic acids is 1.